The van der Waals surface area contributed by atoms with Gasteiger partial charge in [-0.15, -0.1) is 0 Å². The molecule has 112 valence electrons. The summed E-state index contributed by atoms with van der Waals surface area (Å²) < 4.78 is 6.23. The predicted octanol–water partition coefficient (Wildman–Crippen LogP) is 4.14. The van der Waals surface area contributed by atoms with Crippen molar-refractivity contribution in [2.75, 3.05) is 6.54 Å². The van der Waals surface area contributed by atoms with Crippen LogP contribution in [0.3, 0.4) is 0 Å². The van der Waals surface area contributed by atoms with Gasteiger partial charge in [0, 0.05) is 12.1 Å². The zero-order valence-corrected chi connectivity index (χ0v) is 13.8. The van der Waals surface area contributed by atoms with Crippen LogP contribution in [0.25, 0.3) is 0 Å². The fraction of sp³-hybridized carbons (Fsp3) is 1.00. The van der Waals surface area contributed by atoms with Crippen LogP contribution in [-0.2, 0) is 4.74 Å². The molecule has 0 spiro atoms. The molecule has 0 radical (unpaired) electrons. The van der Waals surface area contributed by atoms with Crippen molar-refractivity contribution in [3.8, 4) is 0 Å². The summed E-state index contributed by atoms with van der Waals surface area (Å²) >= 11 is 0. The molecule has 0 aromatic carbocycles. The van der Waals surface area contributed by atoms with E-state index in [1.807, 2.05) is 0 Å². The molecule has 1 aliphatic heterocycles. The standard InChI is InChI=1S/C17H33NO/c1-15(2,3)18-12-17(6,13-7-8-13)11-14-9-10-16(4,5)19-14/h13-14,18H,7-12H2,1-6H3. The van der Waals surface area contributed by atoms with Crippen molar-refractivity contribution in [2.45, 2.75) is 90.9 Å². The summed E-state index contributed by atoms with van der Waals surface area (Å²) in [6, 6.07) is 0. The first kappa shape index (κ1) is 15.3. The predicted molar refractivity (Wildman–Crippen MR) is 81.4 cm³/mol. The van der Waals surface area contributed by atoms with Crippen molar-refractivity contribution in [3.63, 3.8) is 0 Å². The van der Waals surface area contributed by atoms with Crippen LogP contribution < -0.4 is 5.32 Å². The van der Waals surface area contributed by atoms with E-state index in [4.69, 9.17) is 4.74 Å². The highest BCUT2D eigenvalue weighted by molar-refractivity contribution is 4.97. The average Bonchev–Trinajstić information content (AvgIpc) is 3.02. The first-order valence-electron chi connectivity index (χ1n) is 8.03. The van der Waals surface area contributed by atoms with E-state index in [-0.39, 0.29) is 11.1 Å². The van der Waals surface area contributed by atoms with Gasteiger partial charge in [-0.25, -0.2) is 0 Å². The lowest BCUT2D eigenvalue weighted by molar-refractivity contribution is -0.0370. The second-order valence-electron chi connectivity index (χ2n) is 8.77. The summed E-state index contributed by atoms with van der Waals surface area (Å²) in [5.74, 6) is 0.912. The molecule has 0 aromatic rings. The smallest absolute Gasteiger partial charge is 0.0631 e. The van der Waals surface area contributed by atoms with Gasteiger partial charge < -0.3 is 10.1 Å². The second-order valence-corrected chi connectivity index (χ2v) is 8.77. The highest BCUT2D eigenvalue weighted by Crippen LogP contribution is 2.50. The summed E-state index contributed by atoms with van der Waals surface area (Å²) in [5.41, 5.74) is 0.733. The Hall–Kier alpha value is -0.0800. The van der Waals surface area contributed by atoms with Crippen molar-refractivity contribution in [1.29, 1.82) is 0 Å². The van der Waals surface area contributed by atoms with Crippen LogP contribution in [0.1, 0.15) is 73.6 Å². The van der Waals surface area contributed by atoms with Crippen LogP contribution in [-0.4, -0.2) is 23.8 Å². The minimum absolute atomic E-state index is 0.104. The normalized spacial score (nSPS) is 30.3. The van der Waals surface area contributed by atoms with Gasteiger partial charge in [0.2, 0.25) is 0 Å². The van der Waals surface area contributed by atoms with E-state index in [0.717, 1.165) is 12.5 Å². The Bertz CT molecular complexity index is 314. The maximum absolute atomic E-state index is 6.23. The number of nitrogens with one attached hydrogen (secondary N) is 1. The zero-order valence-electron chi connectivity index (χ0n) is 13.8. The van der Waals surface area contributed by atoms with Gasteiger partial charge in [0.25, 0.3) is 0 Å². The molecular weight excluding hydrogens is 234 g/mol. The quantitative estimate of drug-likeness (QED) is 0.808. The SMILES string of the molecule is CC(C)(C)NCC(C)(CC1CCC(C)(C)O1)C1CC1. The van der Waals surface area contributed by atoms with Crippen LogP contribution in [0, 0.1) is 11.3 Å². The molecule has 19 heavy (non-hydrogen) atoms. The van der Waals surface area contributed by atoms with Crippen molar-refractivity contribution in [2.24, 2.45) is 11.3 Å². The van der Waals surface area contributed by atoms with Gasteiger partial charge in [-0.3, -0.25) is 0 Å². The Kier molecular flexibility index (Phi) is 4.06. The molecule has 2 aliphatic rings. The third-order valence-corrected chi connectivity index (χ3v) is 4.83. The average molecular weight is 267 g/mol. The molecule has 2 heteroatoms. The van der Waals surface area contributed by atoms with Gasteiger partial charge in [0.1, 0.15) is 0 Å². The Morgan fingerprint density at radius 2 is 1.74 bits per heavy atom. The van der Waals surface area contributed by atoms with E-state index in [9.17, 15) is 0 Å². The second kappa shape index (κ2) is 5.04. The van der Waals surface area contributed by atoms with E-state index >= 15 is 0 Å². The molecule has 2 nitrogen and oxygen atoms in total. The van der Waals surface area contributed by atoms with E-state index in [2.05, 4.69) is 46.9 Å². The molecule has 1 saturated heterocycles. The molecule has 0 aromatic heterocycles. The van der Waals surface area contributed by atoms with E-state index in [1.165, 1.54) is 32.1 Å². The van der Waals surface area contributed by atoms with Gasteiger partial charge in [0.15, 0.2) is 0 Å². The van der Waals surface area contributed by atoms with Crippen LogP contribution in [0.15, 0.2) is 0 Å². The molecule has 0 amide bonds. The number of rotatable bonds is 5. The van der Waals surface area contributed by atoms with Crippen molar-refractivity contribution in [1.82, 2.24) is 5.32 Å². The molecule has 1 aliphatic carbocycles. The lowest BCUT2D eigenvalue weighted by atomic mass is 9.78. The van der Waals surface area contributed by atoms with E-state index in [0.29, 0.717) is 11.5 Å². The Morgan fingerprint density at radius 3 is 2.16 bits per heavy atom. The third-order valence-electron chi connectivity index (χ3n) is 4.83. The monoisotopic (exact) mass is 267 g/mol. The van der Waals surface area contributed by atoms with Gasteiger partial charge in [-0.1, -0.05) is 6.92 Å². The minimum Gasteiger partial charge on any atom is -0.372 e. The van der Waals surface area contributed by atoms with Crippen LogP contribution >= 0.6 is 0 Å². The van der Waals surface area contributed by atoms with Gasteiger partial charge in [-0.2, -0.15) is 0 Å². The van der Waals surface area contributed by atoms with E-state index in [1.54, 1.807) is 0 Å². The maximum atomic E-state index is 6.23. The zero-order chi connectivity index (χ0) is 14.3. The first-order valence-corrected chi connectivity index (χ1v) is 8.03. The molecule has 2 rings (SSSR count). The molecule has 0 bridgehead atoms. The Labute approximate surface area is 119 Å². The van der Waals surface area contributed by atoms with Gasteiger partial charge in [0.05, 0.1) is 11.7 Å². The molecule has 2 atom stereocenters. The molecule has 2 unspecified atom stereocenters. The fourth-order valence-electron chi connectivity index (χ4n) is 3.37. The van der Waals surface area contributed by atoms with Gasteiger partial charge in [-0.05, 0) is 78.1 Å². The number of hydrogen-bond donors (Lipinski definition) is 1. The molecular formula is C17H33NO. The Morgan fingerprint density at radius 1 is 1.11 bits per heavy atom. The topological polar surface area (TPSA) is 21.3 Å². The molecule has 1 heterocycles. The minimum atomic E-state index is 0.104. The summed E-state index contributed by atoms with van der Waals surface area (Å²) in [4.78, 5) is 0. The largest absolute Gasteiger partial charge is 0.372 e. The Balaban J connectivity index is 1.92. The van der Waals surface area contributed by atoms with Crippen molar-refractivity contribution in [3.05, 3.63) is 0 Å². The third kappa shape index (κ3) is 4.46. The lowest BCUT2D eigenvalue weighted by Gasteiger charge is -2.36. The van der Waals surface area contributed by atoms with Crippen LogP contribution in [0.4, 0.5) is 0 Å². The van der Waals surface area contributed by atoms with E-state index < -0.39 is 0 Å². The lowest BCUT2D eigenvalue weighted by Crippen LogP contribution is -2.45. The maximum Gasteiger partial charge on any atom is 0.0631 e. The molecule has 2 fully saturated rings. The highest BCUT2D eigenvalue weighted by Gasteiger charge is 2.45. The summed E-state index contributed by atoms with van der Waals surface area (Å²) in [7, 11) is 0. The summed E-state index contributed by atoms with van der Waals surface area (Å²) in [5, 5.41) is 3.72. The molecule has 1 N–H and O–H groups in total. The highest BCUT2D eigenvalue weighted by atomic mass is 16.5. The van der Waals surface area contributed by atoms with Crippen LogP contribution in [0.2, 0.25) is 0 Å². The number of ether oxygens (including phenoxy) is 1. The summed E-state index contributed by atoms with van der Waals surface area (Å²) in [6.45, 7) is 14.8. The fourth-order valence-corrected chi connectivity index (χ4v) is 3.37. The molecule has 1 saturated carbocycles. The first-order chi connectivity index (χ1) is 8.60. The van der Waals surface area contributed by atoms with Crippen molar-refractivity contribution >= 4 is 0 Å². The summed E-state index contributed by atoms with van der Waals surface area (Å²) in [6.07, 6.45) is 6.99. The van der Waals surface area contributed by atoms with Crippen molar-refractivity contribution < 1.29 is 4.74 Å². The number of hydrogen-bond acceptors (Lipinski definition) is 2. The van der Waals surface area contributed by atoms with Crippen LogP contribution in [0.5, 0.6) is 0 Å². The van der Waals surface area contributed by atoms with Gasteiger partial charge >= 0.3 is 0 Å².